The number of carbonyl (C=O) groups is 2. The third-order valence-electron chi connectivity index (χ3n) is 11.4. The maximum Gasteiger partial charge on any atom is 0.320 e. The summed E-state index contributed by atoms with van der Waals surface area (Å²) >= 11 is 13.5. The van der Waals surface area contributed by atoms with Gasteiger partial charge in [-0.2, -0.15) is 0 Å². The Morgan fingerprint density at radius 3 is 1.62 bits per heavy atom. The number of aliphatic carboxylic acids is 2. The van der Waals surface area contributed by atoms with Crippen molar-refractivity contribution in [1.29, 1.82) is 0 Å². The van der Waals surface area contributed by atoms with Crippen LogP contribution in [0.1, 0.15) is 78.3 Å². The number of aliphatic hydroxyl groups is 2. The number of carboxylic acids is 2. The molecule has 2 fully saturated rings. The summed E-state index contributed by atoms with van der Waals surface area (Å²) in [6, 6.07) is 18.4. The lowest BCUT2D eigenvalue weighted by molar-refractivity contribution is -0.142. The van der Waals surface area contributed by atoms with Gasteiger partial charge in [0.1, 0.15) is 42.3 Å². The van der Waals surface area contributed by atoms with Crippen LogP contribution in [0.4, 0.5) is 0 Å². The number of aryl methyl sites for hydroxylation is 1. The standard InChI is InChI=1S/C47H55Cl2NO10/c1-28-34(26-59-44-21-42(57-24-30-9-10-30)33(19-39(44)48)14-13-32(15-17-51)46(53)54)5-3-7-37(28)38-8-4-6-35(29(38)2)27-60-45-22-43(58-25-31-11-12-31)36(20-40(45)49)23-50-41(16-18-52)47(55)56/h3-8,19-22,30-32,41,50-52H,9-18,23-27H2,1-2H3,(H,53,54)(H,55,56). The normalized spacial score (nSPS) is 14.7. The molecule has 0 saturated heterocycles. The Bertz CT molecular complexity index is 1970. The third kappa shape index (κ3) is 12.3. The van der Waals surface area contributed by atoms with Gasteiger partial charge in [0, 0.05) is 37.5 Å². The van der Waals surface area contributed by atoms with Crippen LogP contribution in [-0.2, 0) is 35.8 Å². The van der Waals surface area contributed by atoms with E-state index in [1.165, 1.54) is 0 Å². The van der Waals surface area contributed by atoms with Gasteiger partial charge in [0.25, 0.3) is 0 Å². The Balaban J connectivity index is 1.16. The maximum atomic E-state index is 11.7. The first-order chi connectivity index (χ1) is 28.9. The zero-order valence-electron chi connectivity index (χ0n) is 34.2. The quantitative estimate of drug-likeness (QED) is 0.0432. The minimum atomic E-state index is -1.04. The van der Waals surface area contributed by atoms with Crippen LogP contribution in [0.3, 0.4) is 0 Å². The van der Waals surface area contributed by atoms with Crippen molar-refractivity contribution in [2.75, 3.05) is 26.4 Å². The smallest absolute Gasteiger partial charge is 0.320 e. The van der Waals surface area contributed by atoms with Gasteiger partial charge >= 0.3 is 11.9 Å². The summed E-state index contributed by atoms with van der Waals surface area (Å²) in [6.07, 6.45) is 5.52. The lowest BCUT2D eigenvalue weighted by Gasteiger charge is -2.19. The van der Waals surface area contributed by atoms with Gasteiger partial charge in [0.05, 0.1) is 29.2 Å². The van der Waals surface area contributed by atoms with E-state index in [2.05, 4.69) is 31.3 Å². The van der Waals surface area contributed by atoms with Crippen molar-refractivity contribution in [3.63, 3.8) is 0 Å². The molecule has 0 aromatic heterocycles. The summed E-state index contributed by atoms with van der Waals surface area (Å²) in [6.45, 7) is 5.52. The van der Waals surface area contributed by atoms with Gasteiger partial charge in [0.2, 0.25) is 0 Å². The molecule has 4 aromatic carbocycles. The molecule has 0 radical (unpaired) electrons. The molecule has 0 aliphatic heterocycles. The predicted molar refractivity (Wildman–Crippen MR) is 230 cm³/mol. The summed E-state index contributed by atoms with van der Waals surface area (Å²) in [5, 5.41) is 41.6. The van der Waals surface area contributed by atoms with E-state index in [-0.39, 0.29) is 45.8 Å². The summed E-state index contributed by atoms with van der Waals surface area (Å²) in [5.74, 6) is 0.512. The van der Waals surface area contributed by atoms with Crippen molar-refractivity contribution in [3.8, 4) is 34.1 Å². The third-order valence-corrected chi connectivity index (χ3v) is 12.0. The fourth-order valence-corrected chi connectivity index (χ4v) is 7.57. The number of nitrogens with one attached hydrogen (secondary N) is 1. The molecule has 60 heavy (non-hydrogen) atoms. The molecule has 322 valence electrons. The lowest BCUT2D eigenvalue weighted by Crippen LogP contribution is -2.37. The van der Waals surface area contributed by atoms with Crippen molar-refractivity contribution in [2.24, 2.45) is 17.8 Å². The predicted octanol–water partition coefficient (Wildman–Crippen LogP) is 8.95. The van der Waals surface area contributed by atoms with E-state index >= 15 is 0 Å². The van der Waals surface area contributed by atoms with Crippen molar-refractivity contribution in [2.45, 2.75) is 91.0 Å². The Morgan fingerprint density at radius 2 is 1.15 bits per heavy atom. The van der Waals surface area contributed by atoms with Gasteiger partial charge < -0.3 is 44.7 Å². The van der Waals surface area contributed by atoms with E-state index in [1.54, 1.807) is 18.2 Å². The van der Waals surface area contributed by atoms with Crippen LogP contribution in [-0.4, -0.2) is 64.8 Å². The van der Waals surface area contributed by atoms with Crippen LogP contribution in [0.25, 0.3) is 11.1 Å². The Kier molecular flexibility index (Phi) is 16.0. The summed E-state index contributed by atoms with van der Waals surface area (Å²) in [5.41, 5.74) is 7.67. The molecule has 0 bridgehead atoms. The van der Waals surface area contributed by atoms with E-state index < -0.39 is 23.9 Å². The van der Waals surface area contributed by atoms with E-state index in [1.807, 2.05) is 30.3 Å². The van der Waals surface area contributed by atoms with Crippen molar-refractivity contribution < 1.29 is 49.0 Å². The van der Waals surface area contributed by atoms with Gasteiger partial charge in [-0.15, -0.1) is 0 Å². The minimum Gasteiger partial charge on any atom is -0.493 e. The molecule has 2 atom stereocenters. The minimum absolute atomic E-state index is 0.0765. The van der Waals surface area contributed by atoms with Gasteiger partial charge in [0.15, 0.2) is 0 Å². The van der Waals surface area contributed by atoms with Crippen molar-refractivity contribution >= 4 is 35.1 Å². The first kappa shape index (κ1) is 45.0. The molecule has 4 aromatic rings. The number of ether oxygens (including phenoxy) is 4. The number of rotatable bonds is 25. The lowest BCUT2D eigenvalue weighted by atomic mass is 9.92. The molecular weight excluding hydrogens is 809 g/mol. The molecule has 2 aliphatic carbocycles. The summed E-state index contributed by atoms with van der Waals surface area (Å²) < 4.78 is 25.1. The van der Waals surface area contributed by atoms with Crippen molar-refractivity contribution in [1.82, 2.24) is 5.32 Å². The summed E-state index contributed by atoms with van der Waals surface area (Å²) in [4.78, 5) is 23.4. The first-order valence-corrected chi connectivity index (χ1v) is 21.4. The number of hydrogen-bond acceptors (Lipinski definition) is 9. The van der Waals surface area contributed by atoms with E-state index in [9.17, 15) is 30.0 Å². The number of carboxylic acid groups (broad SMARTS) is 2. The number of halogens is 2. The van der Waals surface area contributed by atoms with Crippen LogP contribution >= 0.6 is 23.2 Å². The average molecular weight is 865 g/mol. The largest absolute Gasteiger partial charge is 0.493 e. The molecule has 0 spiro atoms. The molecule has 2 saturated carbocycles. The van der Waals surface area contributed by atoms with Gasteiger partial charge in [-0.05, 0) is 128 Å². The van der Waals surface area contributed by atoms with Gasteiger partial charge in [-0.3, -0.25) is 9.59 Å². The monoisotopic (exact) mass is 863 g/mol. The second-order valence-electron chi connectivity index (χ2n) is 15.9. The molecular formula is C47H55Cl2NO10. The second-order valence-corrected chi connectivity index (χ2v) is 16.7. The van der Waals surface area contributed by atoms with E-state index in [0.29, 0.717) is 76.5 Å². The summed E-state index contributed by atoms with van der Waals surface area (Å²) in [7, 11) is 0. The number of benzene rings is 4. The number of aliphatic hydroxyl groups excluding tert-OH is 2. The maximum absolute atomic E-state index is 11.7. The van der Waals surface area contributed by atoms with Crippen LogP contribution in [0.15, 0.2) is 60.7 Å². The highest BCUT2D eigenvalue weighted by Crippen LogP contribution is 2.39. The molecule has 0 heterocycles. The molecule has 2 aliphatic rings. The van der Waals surface area contributed by atoms with E-state index in [4.69, 9.17) is 42.1 Å². The van der Waals surface area contributed by atoms with Crippen molar-refractivity contribution in [3.05, 3.63) is 104 Å². The second kappa shape index (κ2) is 21.3. The topological polar surface area (TPSA) is 164 Å². The Morgan fingerprint density at radius 1 is 0.650 bits per heavy atom. The first-order valence-electron chi connectivity index (χ1n) is 20.7. The molecule has 13 heteroatoms. The van der Waals surface area contributed by atoms with E-state index in [0.717, 1.165) is 64.6 Å². The Labute approximate surface area is 361 Å². The van der Waals surface area contributed by atoms with Gasteiger partial charge in [-0.1, -0.05) is 59.6 Å². The highest BCUT2D eigenvalue weighted by molar-refractivity contribution is 6.32. The van der Waals surface area contributed by atoms with Crippen LogP contribution in [0, 0.1) is 31.6 Å². The molecule has 0 amide bonds. The Hall–Kier alpha value is -4.52. The number of hydrogen-bond donors (Lipinski definition) is 5. The van der Waals surface area contributed by atoms with Crippen LogP contribution in [0.5, 0.6) is 23.0 Å². The zero-order valence-corrected chi connectivity index (χ0v) is 35.7. The van der Waals surface area contributed by atoms with Crippen LogP contribution < -0.4 is 24.3 Å². The van der Waals surface area contributed by atoms with Crippen LogP contribution in [0.2, 0.25) is 10.0 Å². The molecule has 2 unspecified atom stereocenters. The average Bonchev–Trinajstić information content (AvgIpc) is 4.17. The SMILES string of the molecule is Cc1c(COc2cc(OCC3CC3)c(CCC(CCO)C(=O)O)cc2Cl)cccc1-c1cccc(COc2cc(OCC3CC3)c(CNC(CCO)C(=O)O)cc2Cl)c1C. The fourth-order valence-electron chi connectivity index (χ4n) is 7.09. The molecule has 5 N–H and O–H groups in total. The highest BCUT2D eigenvalue weighted by atomic mass is 35.5. The van der Waals surface area contributed by atoms with Gasteiger partial charge in [-0.25, -0.2) is 0 Å². The molecule has 6 rings (SSSR count). The fraction of sp³-hybridized carbons (Fsp3) is 0.447. The highest BCUT2D eigenvalue weighted by Gasteiger charge is 2.26. The zero-order chi connectivity index (χ0) is 42.8. The molecule has 11 nitrogen and oxygen atoms in total.